The Bertz CT molecular complexity index is 1130. The quantitative estimate of drug-likeness (QED) is 0.205. The Labute approximate surface area is 171 Å². The summed E-state index contributed by atoms with van der Waals surface area (Å²) in [5.74, 6) is -0.259. The van der Waals surface area contributed by atoms with E-state index in [1.165, 1.54) is 12.1 Å². The maximum Gasteiger partial charge on any atom is 0.334 e. The Morgan fingerprint density at radius 1 is 0.852 bits per heavy atom. The van der Waals surface area contributed by atoms with Gasteiger partial charge in [-0.2, -0.15) is 0 Å². The molecule has 4 aromatic rings. The molecule has 1 atom stereocenters. The smallest absolute Gasteiger partial charge is 0.334 e. The first-order valence-electron chi connectivity index (χ1n) is 8.31. The molecule has 0 bridgehead atoms. The number of aromatic nitrogens is 1. The summed E-state index contributed by atoms with van der Waals surface area (Å²) in [5, 5.41) is 2.97. The van der Waals surface area contributed by atoms with Crippen LogP contribution in [0.4, 0.5) is 0 Å². The lowest BCUT2D eigenvalue weighted by atomic mass is 10.2. The molecule has 0 radical (unpaired) electrons. The second-order valence-electron chi connectivity index (χ2n) is 6.20. The summed E-state index contributed by atoms with van der Waals surface area (Å²) in [6.07, 6.45) is 0. The highest BCUT2D eigenvalue weighted by molar-refractivity contribution is 6.43. The Hall–Kier alpha value is -2.20. The van der Waals surface area contributed by atoms with Crippen molar-refractivity contribution in [2.75, 3.05) is 0 Å². The number of rotatable bonds is 3. The third-order valence-electron chi connectivity index (χ3n) is 4.53. The van der Waals surface area contributed by atoms with E-state index in [1.807, 2.05) is 53.1 Å². The predicted molar refractivity (Wildman–Crippen MR) is 111 cm³/mol. The molecule has 3 aromatic carbocycles. The molecule has 0 fully saturated rings. The van der Waals surface area contributed by atoms with Crippen LogP contribution in [0.1, 0.15) is 13.0 Å². The van der Waals surface area contributed by atoms with Crippen molar-refractivity contribution >= 4 is 62.6 Å². The van der Waals surface area contributed by atoms with Gasteiger partial charge in [0.25, 0.3) is 0 Å². The highest BCUT2D eigenvalue weighted by Crippen LogP contribution is 2.36. The zero-order chi connectivity index (χ0) is 19.1. The topological polar surface area (TPSA) is 31.2 Å². The van der Waals surface area contributed by atoms with E-state index in [-0.39, 0.29) is 15.8 Å². The van der Waals surface area contributed by atoms with E-state index in [0.29, 0.717) is 5.02 Å². The van der Waals surface area contributed by atoms with Crippen LogP contribution < -0.4 is 4.74 Å². The minimum absolute atomic E-state index is 0.184. The van der Waals surface area contributed by atoms with Gasteiger partial charge in [0.2, 0.25) is 0 Å². The monoisotopic (exact) mass is 417 g/mol. The molecular weight excluding hydrogens is 405 g/mol. The van der Waals surface area contributed by atoms with Crippen LogP contribution in [0.5, 0.6) is 5.75 Å². The van der Waals surface area contributed by atoms with E-state index in [1.54, 1.807) is 6.92 Å². The number of carbonyl (C=O) groups is 1. The summed E-state index contributed by atoms with van der Waals surface area (Å²) in [6, 6.07) is 18.3. The summed E-state index contributed by atoms with van der Waals surface area (Å²) >= 11 is 18.1. The van der Waals surface area contributed by atoms with Crippen LogP contribution in [-0.2, 0) is 4.79 Å². The number of nitrogens with zero attached hydrogens (tertiary/aromatic N) is 1. The van der Waals surface area contributed by atoms with Crippen LogP contribution in [0.2, 0.25) is 15.1 Å². The van der Waals surface area contributed by atoms with Gasteiger partial charge in [0.15, 0.2) is 5.75 Å². The number of carbonyl (C=O) groups excluding carboxylic acids is 1. The number of halogens is 3. The van der Waals surface area contributed by atoms with E-state index in [2.05, 4.69) is 0 Å². The summed E-state index contributed by atoms with van der Waals surface area (Å²) in [7, 11) is 0. The molecule has 1 aromatic heterocycles. The normalized spacial score (nSPS) is 12.4. The second kappa shape index (κ2) is 7.08. The molecule has 0 saturated carbocycles. The van der Waals surface area contributed by atoms with Gasteiger partial charge in [-0.3, -0.25) is 0 Å². The van der Waals surface area contributed by atoms with Crippen molar-refractivity contribution in [3.8, 4) is 5.75 Å². The van der Waals surface area contributed by atoms with Crippen LogP contribution in [0.15, 0.2) is 60.7 Å². The van der Waals surface area contributed by atoms with E-state index in [9.17, 15) is 4.79 Å². The van der Waals surface area contributed by atoms with Crippen LogP contribution in [0, 0.1) is 0 Å². The van der Waals surface area contributed by atoms with Gasteiger partial charge in [-0.25, -0.2) is 4.79 Å². The molecule has 4 rings (SSSR count). The molecule has 0 amide bonds. The minimum atomic E-state index is -0.569. The lowest BCUT2D eigenvalue weighted by Gasteiger charge is -2.16. The van der Waals surface area contributed by atoms with Gasteiger partial charge in [-0.05, 0) is 25.1 Å². The first-order chi connectivity index (χ1) is 13.0. The van der Waals surface area contributed by atoms with E-state index >= 15 is 0 Å². The number of para-hydroxylation sites is 2. The third-order valence-corrected chi connectivity index (χ3v) is 5.55. The number of hydrogen-bond acceptors (Lipinski definition) is 2. The highest BCUT2D eigenvalue weighted by Gasteiger charge is 2.23. The molecule has 3 nitrogen and oxygen atoms in total. The number of hydrogen-bond donors (Lipinski definition) is 0. The van der Waals surface area contributed by atoms with Gasteiger partial charge in [-0.15, -0.1) is 0 Å². The van der Waals surface area contributed by atoms with Gasteiger partial charge in [0, 0.05) is 27.9 Å². The van der Waals surface area contributed by atoms with Crippen molar-refractivity contribution in [3.05, 3.63) is 75.7 Å². The second-order valence-corrected chi connectivity index (χ2v) is 7.42. The lowest BCUT2D eigenvalue weighted by molar-refractivity contribution is -0.137. The minimum Gasteiger partial charge on any atom is -0.423 e. The third kappa shape index (κ3) is 3.16. The zero-order valence-electron chi connectivity index (χ0n) is 14.2. The Morgan fingerprint density at radius 2 is 1.37 bits per heavy atom. The number of benzene rings is 3. The van der Waals surface area contributed by atoms with Gasteiger partial charge < -0.3 is 9.30 Å². The fraction of sp³-hybridized carbons (Fsp3) is 0.0952. The molecule has 27 heavy (non-hydrogen) atoms. The fourth-order valence-electron chi connectivity index (χ4n) is 3.25. The largest absolute Gasteiger partial charge is 0.423 e. The first-order valence-corrected chi connectivity index (χ1v) is 9.44. The fourth-order valence-corrected chi connectivity index (χ4v) is 3.83. The Balaban J connectivity index is 1.77. The van der Waals surface area contributed by atoms with Gasteiger partial charge >= 0.3 is 5.97 Å². The van der Waals surface area contributed by atoms with Gasteiger partial charge in [0.1, 0.15) is 6.04 Å². The van der Waals surface area contributed by atoms with E-state index in [0.717, 1.165) is 21.8 Å². The van der Waals surface area contributed by atoms with Gasteiger partial charge in [0.05, 0.1) is 15.1 Å². The number of fused-ring (bicyclic) bond motifs is 3. The molecule has 0 saturated heterocycles. The number of ether oxygens (including phenoxy) is 1. The Morgan fingerprint density at radius 3 is 1.96 bits per heavy atom. The predicted octanol–water partition coefficient (Wildman–Crippen LogP) is 6.92. The van der Waals surface area contributed by atoms with Crippen LogP contribution in [-0.4, -0.2) is 10.5 Å². The van der Waals surface area contributed by atoms with Gasteiger partial charge in [-0.1, -0.05) is 71.2 Å². The molecule has 0 aliphatic heterocycles. The summed E-state index contributed by atoms with van der Waals surface area (Å²) in [5.41, 5.74) is 1.92. The molecule has 0 aliphatic rings. The van der Waals surface area contributed by atoms with Crippen LogP contribution in [0.25, 0.3) is 21.8 Å². The van der Waals surface area contributed by atoms with Crippen LogP contribution >= 0.6 is 34.8 Å². The van der Waals surface area contributed by atoms with Crippen molar-refractivity contribution in [1.29, 1.82) is 0 Å². The average Bonchev–Trinajstić information content (AvgIpc) is 3.00. The molecule has 1 heterocycles. The molecule has 0 N–H and O–H groups in total. The lowest BCUT2D eigenvalue weighted by Crippen LogP contribution is -2.21. The number of esters is 1. The van der Waals surface area contributed by atoms with Crippen molar-refractivity contribution < 1.29 is 9.53 Å². The van der Waals surface area contributed by atoms with Crippen LogP contribution in [0.3, 0.4) is 0 Å². The first kappa shape index (κ1) is 18.2. The molecule has 136 valence electrons. The average molecular weight is 419 g/mol. The molecule has 0 aliphatic carbocycles. The molecule has 6 heteroatoms. The van der Waals surface area contributed by atoms with E-state index in [4.69, 9.17) is 39.5 Å². The summed E-state index contributed by atoms with van der Waals surface area (Å²) in [6.45, 7) is 1.80. The standard InChI is InChI=1S/C21H14Cl3NO2/c1-12(21(26)27-20-11-16(23)15(22)10-17(20)24)25-18-8-4-2-6-13(18)14-7-3-5-9-19(14)25/h2-12H,1H3. The molecule has 1 unspecified atom stereocenters. The Kier molecular flexibility index (Phi) is 4.77. The zero-order valence-corrected chi connectivity index (χ0v) is 16.5. The van der Waals surface area contributed by atoms with Crippen molar-refractivity contribution in [3.63, 3.8) is 0 Å². The van der Waals surface area contributed by atoms with E-state index < -0.39 is 12.0 Å². The maximum absolute atomic E-state index is 12.9. The maximum atomic E-state index is 12.9. The van der Waals surface area contributed by atoms with Crippen molar-refractivity contribution in [1.82, 2.24) is 4.57 Å². The SMILES string of the molecule is CC(C(=O)Oc1cc(Cl)c(Cl)cc1Cl)n1c2ccccc2c2ccccc21. The molecular formula is C21H14Cl3NO2. The summed E-state index contributed by atoms with van der Waals surface area (Å²) in [4.78, 5) is 12.9. The van der Waals surface area contributed by atoms with Crippen molar-refractivity contribution in [2.24, 2.45) is 0 Å². The van der Waals surface area contributed by atoms with Crippen molar-refractivity contribution in [2.45, 2.75) is 13.0 Å². The highest BCUT2D eigenvalue weighted by atomic mass is 35.5. The molecule has 0 spiro atoms. The summed E-state index contributed by atoms with van der Waals surface area (Å²) < 4.78 is 7.50.